The van der Waals surface area contributed by atoms with Gasteiger partial charge in [-0.25, -0.2) is 0 Å². The van der Waals surface area contributed by atoms with Crippen LogP contribution in [0.25, 0.3) is 0 Å². The van der Waals surface area contributed by atoms with Crippen LogP contribution in [0.2, 0.25) is 0 Å². The summed E-state index contributed by atoms with van der Waals surface area (Å²) >= 11 is 0. The van der Waals surface area contributed by atoms with Gasteiger partial charge in [-0.1, -0.05) is 20.8 Å². The second-order valence-electron chi connectivity index (χ2n) is 7.11. The lowest BCUT2D eigenvalue weighted by atomic mass is 9.72. The van der Waals surface area contributed by atoms with Crippen LogP contribution in [0.4, 0.5) is 0 Å². The molecular weight excluding hydrogens is 224 g/mol. The first-order valence-corrected chi connectivity index (χ1v) is 7.49. The Kier molecular flexibility index (Phi) is 4.05. The lowest BCUT2D eigenvalue weighted by Crippen LogP contribution is -2.62. The molecule has 1 N–H and O–H groups in total. The smallest absolute Gasteiger partial charge is 0.0681 e. The highest BCUT2D eigenvalue weighted by molar-refractivity contribution is 4.97. The fraction of sp³-hybridized carbons (Fsp3) is 1.00. The molecule has 3 unspecified atom stereocenters. The van der Waals surface area contributed by atoms with E-state index in [1.54, 1.807) is 0 Å². The predicted molar refractivity (Wildman–Crippen MR) is 75.9 cm³/mol. The molecule has 2 aliphatic rings. The summed E-state index contributed by atoms with van der Waals surface area (Å²) in [5.74, 6) is 0. The van der Waals surface area contributed by atoms with Crippen molar-refractivity contribution in [2.24, 2.45) is 5.41 Å². The molecule has 2 rings (SSSR count). The predicted octanol–water partition coefficient (Wildman–Crippen LogP) is 2.26. The van der Waals surface area contributed by atoms with Crippen molar-refractivity contribution in [1.82, 2.24) is 10.2 Å². The molecule has 0 aliphatic carbocycles. The SMILES string of the molecule is CCC1(C)CC(C)(C)C2CNCCN2CC(C)O1. The lowest BCUT2D eigenvalue weighted by molar-refractivity contribution is -0.144. The van der Waals surface area contributed by atoms with Crippen molar-refractivity contribution in [3.63, 3.8) is 0 Å². The van der Waals surface area contributed by atoms with E-state index in [1.807, 2.05) is 0 Å². The average molecular weight is 254 g/mol. The molecule has 18 heavy (non-hydrogen) atoms. The largest absolute Gasteiger partial charge is 0.371 e. The Morgan fingerprint density at radius 3 is 2.72 bits per heavy atom. The molecule has 3 heteroatoms. The Bertz CT molecular complexity index is 292. The van der Waals surface area contributed by atoms with Crippen molar-refractivity contribution < 1.29 is 4.74 Å². The summed E-state index contributed by atoms with van der Waals surface area (Å²) in [7, 11) is 0. The van der Waals surface area contributed by atoms with Gasteiger partial charge in [0.25, 0.3) is 0 Å². The van der Waals surface area contributed by atoms with Crippen molar-refractivity contribution in [3.05, 3.63) is 0 Å². The number of hydrogen-bond acceptors (Lipinski definition) is 3. The van der Waals surface area contributed by atoms with Crippen molar-refractivity contribution in [1.29, 1.82) is 0 Å². The van der Waals surface area contributed by atoms with E-state index in [1.165, 1.54) is 0 Å². The number of nitrogens with one attached hydrogen (secondary N) is 1. The Morgan fingerprint density at radius 2 is 2.06 bits per heavy atom. The van der Waals surface area contributed by atoms with Crippen LogP contribution >= 0.6 is 0 Å². The van der Waals surface area contributed by atoms with Crippen LogP contribution in [0.5, 0.6) is 0 Å². The zero-order chi connectivity index (χ0) is 13.4. The first-order valence-electron chi connectivity index (χ1n) is 7.49. The second-order valence-corrected chi connectivity index (χ2v) is 7.11. The maximum Gasteiger partial charge on any atom is 0.0681 e. The maximum absolute atomic E-state index is 6.35. The number of rotatable bonds is 1. The molecule has 3 atom stereocenters. The number of hydrogen-bond donors (Lipinski definition) is 1. The quantitative estimate of drug-likeness (QED) is 0.777. The van der Waals surface area contributed by atoms with E-state index < -0.39 is 0 Å². The molecule has 0 aromatic carbocycles. The molecule has 2 aliphatic heterocycles. The fourth-order valence-corrected chi connectivity index (χ4v) is 3.92. The Hall–Kier alpha value is -0.120. The summed E-state index contributed by atoms with van der Waals surface area (Å²) in [6.07, 6.45) is 2.58. The van der Waals surface area contributed by atoms with Crippen LogP contribution in [-0.2, 0) is 4.74 Å². The molecule has 3 nitrogen and oxygen atoms in total. The van der Waals surface area contributed by atoms with Gasteiger partial charge in [0.1, 0.15) is 0 Å². The minimum Gasteiger partial charge on any atom is -0.371 e. The van der Waals surface area contributed by atoms with Gasteiger partial charge < -0.3 is 10.1 Å². The monoisotopic (exact) mass is 254 g/mol. The fourth-order valence-electron chi connectivity index (χ4n) is 3.92. The van der Waals surface area contributed by atoms with E-state index in [0.29, 0.717) is 17.6 Å². The van der Waals surface area contributed by atoms with E-state index in [2.05, 4.69) is 44.8 Å². The van der Waals surface area contributed by atoms with Crippen LogP contribution in [0.3, 0.4) is 0 Å². The molecule has 0 saturated carbocycles. The van der Waals surface area contributed by atoms with Crippen molar-refractivity contribution in [3.8, 4) is 0 Å². The van der Waals surface area contributed by atoms with E-state index in [9.17, 15) is 0 Å². The van der Waals surface area contributed by atoms with Crippen molar-refractivity contribution in [2.45, 2.75) is 65.2 Å². The molecular formula is C15H30N2O. The third kappa shape index (κ3) is 2.89. The Labute approximate surface area is 112 Å². The second kappa shape index (κ2) is 5.10. The first kappa shape index (κ1) is 14.3. The molecule has 0 aromatic heterocycles. The summed E-state index contributed by atoms with van der Waals surface area (Å²) in [6.45, 7) is 16.1. The van der Waals surface area contributed by atoms with Gasteiger partial charge in [0.15, 0.2) is 0 Å². The van der Waals surface area contributed by atoms with Crippen LogP contribution in [0.15, 0.2) is 0 Å². The Balaban J connectivity index is 2.23. The van der Waals surface area contributed by atoms with Gasteiger partial charge in [-0.15, -0.1) is 0 Å². The Morgan fingerprint density at radius 1 is 1.33 bits per heavy atom. The highest BCUT2D eigenvalue weighted by Crippen LogP contribution is 2.40. The van der Waals surface area contributed by atoms with E-state index in [0.717, 1.165) is 39.0 Å². The molecule has 2 fully saturated rings. The summed E-state index contributed by atoms with van der Waals surface area (Å²) in [5.41, 5.74) is 0.338. The third-order valence-corrected chi connectivity index (χ3v) is 4.81. The molecule has 0 bridgehead atoms. The molecule has 0 spiro atoms. The summed E-state index contributed by atoms with van der Waals surface area (Å²) in [5, 5.41) is 3.57. The molecule has 2 saturated heterocycles. The lowest BCUT2D eigenvalue weighted by Gasteiger charge is -2.52. The molecule has 0 amide bonds. The van der Waals surface area contributed by atoms with E-state index >= 15 is 0 Å². The van der Waals surface area contributed by atoms with Gasteiger partial charge in [0.2, 0.25) is 0 Å². The molecule has 0 aromatic rings. The minimum atomic E-state index is 0.0342. The molecule has 2 heterocycles. The maximum atomic E-state index is 6.35. The zero-order valence-corrected chi connectivity index (χ0v) is 12.8. The summed E-state index contributed by atoms with van der Waals surface area (Å²) in [4.78, 5) is 2.64. The van der Waals surface area contributed by atoms with Gasteiger partial charge >= 0.3 is 0 Å². The third-order valence-electron chi connectivity index (χ3n) is 4.81. The average Bonchev–Trinajstić information content (AvgIpc) is 2.27. The van der Waals surface area contributed by atoms with Crippen LogP contribution in [-0.4, -0.2) is 48.8 Å². The topological polar surface area (TPSA) is 24.5 Å². The summed E-state index contributed by atoms with van der Waals surface area (Å²) in [6, 6.07) is 0.642. The van der Waals surface area contributed by atoms with Crippen molar-refractivity contribution >= 4 is 0 Å². The number of fused-ring (bicyclic) bond motifs is 1. The molecule has 106 valence electrons. The van der Waals surface area contributed by atoms with Crippen molar-refractivity contribution in [2.75, 3.05) is 26.2 Å². The van der Waals surface area contributed by atoms with Gasteiger partial charge in [-0.05, 0) is 32.1 Å². The normalized spacial score (nSPS) is 41.8. The number of nitrogens with zero attached hydrogens (tertiary/aromatic N) is 1. The van der Waals surface area contributed by atoms with E-state index in [4.69, 9.17) is 4.74 Å². The summed E-state index contributed by atoms with van der Waals surface area (Å²) < 4.78 is 6.35. The molecule has 0 radical (unpaired) electrons. The van der Waals surface area contributed by atoms with E-state index in [-0.39, 0.29) is 5.60 Å². The standard InChI is InChI=1S/C15H30N2O/c1-6-15(5)11-14(3,4)13-9-16-7-8-17(13)10-12(2)18-15/h12-13,16H,6-11H2,1-5H3. The highest BCUT2D eigenvalue weighted by Gasteiger charge is 2.43. The number of piperazine rings is 1. The minimum absolute atomic E-state index is 0.0342. The van der Waals surface area contributed by atoms with Gasteiger partial charge in [0.05, 0.1) is 11.7 Å². The van der Waals surface area contributed by atoms with Gasteiger partial charge in [0, 0.05) is 32.2 Å². The van der Waals surface area contributed by atoms with Gasteiger partial charge in [-0.3, -0.25) is 4.90 Å². The zero-order valence-electron chi connectivity index (χ0n) is 12.8. The van der Waals surface area contributed by atoms with Crippen LogP contribution in [0, 0.1) is 5.41 Å². The van der Waals surface area contributed by atoms with Crippen LogP contribution in [0.1, 0.15) is 47.5 Å². The first-order chi connectivity index (χ1) is 8.36. The number of ether oxygens (including phenoxy) is 1. The van der Waals surface area contributed by atoms with Crippen LogP contribution < -0.4 is 5.32 Å². The van der Waals surface area contributed by atoms with Gasteiger partial charge in [-0.2, -0.15) is 0 Å². The highest BCUT2D eigenvalue weighted by atomic mass is 16.5.